The summed E-state index contributed by atoms with van der Waals surface area (Å²) in [4.78, 5) is 16.9. The molecule has 146 valence electrons. The summed E-state index contributed by atoms with van der Waals surface area (Å²) in [7, 11) is 0. The predicted octanol–water partition coefficient (Wildman–Crippen LogP) is 3.38. The molecule has 2 heterocycles. The van der Waals surface area contributed by atoms with Crippen molar-refractivity contribution in [3.63, 3.8) is 0 Å². The van der Waals surface area contributed by atoms with Crippen LogP contribution in [-0.4, -0.2) is 27.0 Å². The third-order valence-electron chi connectivity index (χ3n) is 4.56. The minimum atomic E-state index is -0.240. The van der Waals surface area contributed by atoms with Crippen molar-refractivity contribution in [2.24, 2.45) is 0 Å². The van der Waals surface area contributed by atoms with Gasteiger partial charge in [0.2, 0.25) is 0 Å². The smallest absolute Gasteiger partial charge is 0.256 e. The first-order valence-electron chi connectivity index (χ1n) is 9.30. The molecule has 0 saturated heterocycles. The van der Waals surface area contributed by atoms with Gasteiger partial charge in [-0.2, -0.15) is 9.61 Å². The zero-order valence-corrected chi connectivity index (χ0v) is 16.0. The van der Waals surface area contributed by atoms with Crippen molar-refractivity contribution in [1.82, 2.24) is 19.9 Å². The van der Waals surface area contributed by atoms with Gasteiger partial charge in [0.25, 0.3) is 5.91 Å². The minimum absolute atomic E-state index is 0.240. The number of nitrogen functional groups attached to an aromatic ring is 1. The molecule has 4 aromatic rings. The fourth-order valence-electron chi connectivity index (χ4n) is 2.96. The molecule has 0 atom stereocenters. The Morgan fingerprint density at radius 1 is 1.10 bits per heavy atom. The molecule has 2 aromatic carbocycles. The third-order valence-corrected chi connectivity index (χ3v) is 4.56. The van der Waals surface area contributed by atoms with Crippen LogP contribution in [0.4, 0.5) is 5.82 Å². The number of hydrogen-bond acceptors (Lipinski definition) is 5. The predicted molar refractivity (Wildman–Crippen MR) is 111 cm³/mol. The summed E-state index contributed by atoms with van der Waals surface area (Å²) in [6, 6.07) is 17.5. The zero-order chi connectivity index (χ0) is 20.2. The Labute approximate surface area is 168 Å². The highest BCUT2D eigenvalue weighted by atomic mass is 16.5. The number of amides is 1. The first-order valence-corrected chi connectivity index (χ1v) is 9.30. The van der Waals surface area contributed by atoms with Crippen LogP contribution in [0.3, 0.4) is 0 Å². The molecule has 0 spiro atoms. The molecule has 0 aliphatic rings. The van der Waals surface area contributed by atoms with Crippen LogP contribution in [0.25, 0.3) is 5.65 Å². The molecule has 3 N–H and O–H groups in total. The van der Waals surface area contributed by atoms with Crippen molar-refractivity contribution in [2.45, 2.75) is 13.3 Å². The molecule has 0 bridgehead atoms. The lowest BCUT2D eigenvalue weighted by atomic mass is 10.1. The fraction of sp³-hybridized carbons (Fsp3) is 0.136. The van der Waals surface area contributed by atoms with Gasteiger partial charge in [-0.3, -0.25) is 4.79 Å². The molecule has 0 saturated carbocycles. The van der Waals surface area contributed by atoms with Crippen LogP contribution in [0.5, 0.6) is 11.5 Å². The van der Waals surface area contributed by atoms with Gasteiger partial charge >= 0.3 is 0 Å². The first kappa shape index (κ1) is 18.5. The van der Waals surface area contributed by atoms with Crippen LogP contribution in [0.2, 0.25) is 0 Å². The standard InChI is InChI=1S/C22H21N5O2/c1-15-7-9-16(10-8-15)11-12-24-22(28)18-13-26-27-20(23)19(14-25-21(18)27)29-17-5-3-2-4-6-17/h2-10,13-14H,11-12,23H2,1H3,(H,24,28). The van der Waals surface area contributed by atoms with Crippen LogP contribution >= 0.6 is 0 Å². The van der Waals surface area contributed by atoms with E-state index in [2.05, 4.69) is 39.7 Å². The number of ether oxygens (including phenoxy) is 1. The number of rotatable bonds is 6. The Balaban J connectivity index is 1.47. The lowest BCUT2D eigenvalue weighted by Crippen LogP contribution is -2.25. The number of hydrogen-bond donors (Lipinski definition) is 2. The Morgan fingerprint density at radius 2 is 1.86 bits per heavy atom. The summed E-state index contributed by atoms with van der Waals surface area (Å²) in [6.45, 7) is 2.57. The van der Waals surface area contributed by atoms with Gasteiger partial charge in [-0.1, -0.05) is 48.0 Å². The van der Waals surface area contributed by atoms with Crippen molar-refractivity contribution in [3.8, 4) is 11.5 Å². The van der Waals surface area contributed by atoms with Gasteiger partial charge in [0.05, 0.1) is 12.4 Å². The Bertz CT molecular complexity index is 1140. The SMILES string of the molecule is Cc1ccc(CCNC(=O)c2cnn3c(N)c(Oc4ccccc4)cnc23)cc1. The van der Waals surface area contributed by atoms with E-state index in [-0.39, 0.29) is 11.7 Å². The summed E-state index contributed by atoms with van der Waals surface area (Å²) in [5.41, 5.74) is 9.30. The maximum Gasteiger partial charge on any atom is 0.256 e. The summed E-state index contributed by atoms with van der Waals surface area (Å²) >= 11 is 0. The Kier molecular flexibility index (Phi) is 5.11. The minimum Gasteiger partial charge on any atom is -0.452 e. The molecule has 0 aliphatic carbocycles. The third kappa shape index (κ3) is 4.03. The summed E-state index contributed by atoms with van der Waals surface area (Å²) < 4.78 is 7.17. The van der Waals surface area contributed by atoms with Crippen LogP contribution in [0, 0.1) is 6.92 Å². The van der Waals surface area contributed by atoms with Crippen molar-refractivity contribution < 1.29 is 9.53 Å². The van der Waals surface area contributed by atoms with E-state index < -0.39 is 0 Å². The van der Waals surface area contributed by atoms with Crippen LogP contribution in [0.1, 0.15) is 21.5 Å². The van der Waals surface area contributed by atoms with Gasteiger partial charge in [-0.15, -0.1) is 0 Å². The van der Waals surface area contributed by atoms with Crippen LogP contribution < -0.4 is 15.8 Å². The second kappa shape index (κ2) is 8.02. The highest BCUT2D eigenvalue weighted by Crippen LogP contribution is 2.27. The number of carbonyl (C=O) groups excluding carboxylic acids is 1. The molecule has 29 heavy (non-hydrogen) atoms. The van der Waals surface area contributed by atoms with Crippen LogP contribution in [-0.2, 0) is 6.42 Å². The van der Waals surface area contributed by atoms with Gasteiger partial charge in [0.1, 0.15) is 11.3 Å². The van der Waals surface area contributed by atoms with Gasteiger partial charge in [-0.05, 0) is 31.0 Å². The van der Waals surface area contributed by atoms with E-state index in [1.807, 2.05) is 37.3 Å². The number of aryl methyl sites for hydroxylation is 1. The van der Waals surface area contributed by atoms with Crippen molar-refractivity contribution in [1.29, 1.82) is 0 Å². The van der Waals surface area contributed by atoms with Crippen molar-refractivity contribution in [3.05, 3.63) is 83.7 Å². The van der Waals surface area contributed by atoms with E-state index in [0.29, 0.717) is 29.3 Å². The summed E-state index contributed by atoms with van der Waals surface area (Å²) in [6.07, 6.45) is 3.71. The van der Waals surface area contributed by atoms with Crippen molar-refractivity contribution >= 4 is 17.4 Å². The average molecular weight is 387 g/mol. The lowest BCUT2D eigenvalue weighted by Gasteiger charge is -2.09. The topological polar surface area (TPSA) is 94.5 Å². The number of nitrogens with two attached hydrogens (primary N) is 1. The second-order valence-electron chi connectivity index (χ2n) is 6.71. The molecule has 7 heteroatoms. The van der Waals surface area contributed by atoms with Gasteiger partial charge < -0.3 is 15.8 Å². The van der Waals surface area contributed by atoms with E-state index >= 15 is 0 Å². The highest BCUT2D eigenvalue weighted by Gasteiger charge is 2.17. The number of anilines is 1. The highest BCUT2D eigenvalue weighted by molar-refractivity contribution is 5.99. The molecule has 0 fully saturated rings. The maximum atomic E-state index is 12.6. The molecule has 0 unspecified atom stereocenters. The van der Waals surface area contributed by atoms with Crippen molar-refractivity contribution in [2.75, 3.05) is 12.3 Å². The number of benzene rings is 2. The normalized spacial score (nSPS) is 10.8. The van der Waals surface area contributed by atoms with Gasteiger partial charge in [-0.25, -0.2) is 4.98 Å². The number of aromatic nitrogens is 3. The van der Waals surface area contributed by atoms with E-state index in [9.17, 15) is 4.79 Å². The summed E-state index contributed by atoms with van der Waals surface area (Å²) in [5.74, 6) is 1.05. The van der Waals surface area contributed by atoms with E-state index in [1.165, 1.54) is 28.0 Å². The Hall–Kier alpha value is -3.87. The molecule has 0 aliphatic heterocycles. The number of nitrogens with one attached hydrogen (secondary N) is 1. The van der Waals surface area contributed by atoms with Gasteiger partial charge in [0.15, 0.2) is 17.2 Å². The molecule has 2 aromatic heterocycles. The Morgan fingerprint density at radius 3 is 2.62 bits per heavy atom. The zero-order valence-electron chi connectivity index (χ0n) is 16.0. The molecule has 7 nitrogen and oxygen atoms in total. The molecular weight excluding hydrogens is 366 g/mol. The average Bonchev–Trinajstić information content (AvgIpc) is 3.17. The molecule has 1 amide bonds. The maximum absolute atomic E-state index is 12.6. The van der Waals surface area contributed by atoms with Crippen LogP contribution in [0.15, 0.2) is 67.0 Å². The number of fused-ring (bicyclic) bond motifs is 1. The molecule has 4 rings (SSSR count). The monoisotopic (exact) mass is 387 g/mol. The van der Waals surface area contributed by atoms with Gasteiger partial charge in [0, 0.05) is 6.54 Å². The van der Waals surface area contributed by atoms with E-state index in [0.717, 1.165) is 6.42 Å². The largest absolute Gasteiger partial charge is 0.452 e. The van der Waals surface area contributed by atoms with E-state index in [4.69, 9.17) is 10.5 Å². The summed E-state index contributed by atoms with van der Waals surface area (Å²) in [5, 5.41) is 7.12. The number of carbonyl (C=O) groups is 1. The number of nitrogens with zero attached hydrogens (tertiary/aromatic N) is 3. The molecular formula is C22H21N5O2. The lowest BCUT2D eigenvalue weighted by molar-refractivity contribution is 0.0955. The molecule has 0 radical (unpaired) electrons. The quantitative estimate of drug-likeness (QED) is 0.529. The second-order valence-corrected chi connectivity index (χ2v) is 6.71. The van der Waals surface area contributed by atoms with E-state index in [1.54, 1.807) is 0 Å². The number of para-hydroxylation sites is 1. The first-order chi connectivity index (χ1) is 14.1. The fourth-order valence-corrected chi connectivity index (χ4v) is 2.96.